The molecule has 0 spiro atoms. The van der Waals surface area contributed by atoms with Gasteiger partial charge in [0.1, 0.15) is 6.61 Å². The molecule has 0 saturated carbocycles. The molecule has 3 aliphatic rings. The van der Waals surface area contributed by atoms with Crippen LogP contribution in [0.15, 0.2) is 71.5 Å². The highest BCUT2D eigenvalue weighted by molar-refractivity contribution is 6.33. The molecule has 0 radical (unpaired) electrons. The first kappa shape index (κ1) is 41.9. The molecule has 2 amide bonds. The summed E-state index contributed by atoms with van der Waals surface area (Å²) in [6.45, 7) is 4.90. The van der Waals surface area contributed by atoms with Crippen molar-refractivity contribution in [3.63, 3.8) is 0 Å². The van der Waals surface area contributed by atoms with Gasteiger partial charge in [-0.25, -0.2) is 9.59 Å². The van der Waals surface area contributed by atoms with Gasteiger partial charge in [0.15, 0.2) is 6.10 Å². The van der Waals surface area contributed by atoms with Gasteiger partial charge < -0.3 is 34.9 Å². The van der Waals surface area contributed by atoms with E-state index >= 15 is 0 Å². The lowest BCUT2D eigenvalue weighted by atomic mass is 9.89. The molecule has 59 heavy (non-hydrogen) atoms. The highest BCUT2D eigenvalue weighted by atomic mass is 35.5. The number of aromatic amines is 1. The number of nitrogens with zero attached hydrogens (tertiary/aromatic N) is 4. The van der Waals surface area contributed by atoms with Gasteiger partial charge in [0.25, 0.3) is 11.5 Å². The summed E-state index contributed by atoms with van der Waals surface area (Å²) in [5, 5.41) is 0.569. The van der Waals surface area contributed by atoms with Crippen LogP contribution in [0.5, 0.6) is 0 Å². The average Bonchev–Trinajstić information content (AvgIpc) is 3.24. The first-order chi connectivity index (χ1) is 28.3. The van der Waals surface area contributed by atoms with Crippen molar-refractivity contribution in [3.05, 3.63) is 104 Å². The lowest BCUT2D eigenvalue weighted by Gasteiger charge is -2.38. The fourth-order valence-electron chi connectivity index (χ4n) is 8.19. The van der Waals surface area contributed by atoms with Gasteiger partial charge in [-0.2, -0.15) is 13.2 Å². The number of esters is 1. The minimum absolute atomic E-state index is 0.0284. The van der Waals surface area contributed by atoms with Gasteiger partial charge in [-0.15, -0.1) is 0 Å². The van der Waals surface area contributed by atoms with Gasteiger partial charge in [-0.05, 0) is 104 Å². The summed E-state index contributed by atoms with van der Waals surface area (Å²) < 4.78 is 53.1. The molecule has 0 aliphatic carbocycles. The van der Waals surface area contributed by atoms with Crippen LogP contribution in [0.4, 0.5) is 29.3 Å². The van der Waals surface area contributed by atoms with Crippen molar-refractivity contribution in [1.29, 1.82) is 0 Å². The van der Waals surface area contributed by atoms with Crippen molar-refractivity contribution in [2.45, 2.75) is 56.7 Å². The van der Waals surface area contributed by atoms with Crippen LogP contribution in [0.2, 0.25) is 5.02 Å². The van der Waals surface area contributed by atoms with Gasteiger partial charge in [-0.1, -0.05) is 36.2 Å². The highest BCUT2D eigenvalue weighted by Gasteiger charge is 2.37. The molecule has 314 valence electrons. The number of pyridine rings is 1. The highest BCUT2D eigenvalue weighted by Crippen LogP contribution is 2.38. The number of piperazine rings is 1. The smallest absolute Gasteiger partial charge is 0.418 e. The molecule has 3 aliphatic heterocycles. The summed E-state index contributed by atoms with van der Waals surface area (Å²) >= 11 is 6.13. The average molecular weight is 837 g/mol. The number of nitrogens with one attached hydrogen (secondary N) is 1. The Hall–Kier alpha value is -5.28. The molecule has 7 rings (SSSR count). The number of nitrogens with two attached hydrogens (primary N) is 1. The maximum absolute atomic E-state index is 14.1. The zero-order valence-corrected chi connectivity index (χ0v) is 33.4. The Morgan fingerprint density at radius 3 is 2.25 bits per heavy atom. The predicted molar refractivity (Wildman–Crippen MR) is 219 cm³/mol. The summed E-state index contributed by atoms with van der Waals surface area (Å²) in [4.78, 5) is 63.6. The number of likely N-dealkylation sites (tertiary alicyclic amines) is 2. The molecule has 3 N–H and O–H groups in total. The Bertz CT molecular complexity index is 2200. The minimum atomic E-state index is -4.81. The van der Waals surface area contributed by atoms with E-state index in [-0.39, 0.29) is 60.6 Å². The number of anilines is 2. The molecular weight excluding hydrogens is 789 g/mol. The number of hydrogen-bond donors (Lipinski definition) is 2. The number of halogens is 4. The first-order valence-corrected chi connectivity index (χ1v) is 20.5. The molecule has 4 aromatic rings. The van der Waals surface area contributed by atoms with E-state index in [9.17, 15) is 32.3 Å². The largest absolute Gasteiger partial charge is 0.461 e. The number of piperidine rings is 2. The number of hydrogen-bond acceptors (Lipinski definition) is 9. The number of nitrogen functional groups attached to an aromatic ring is 1. The van der Waals surface area contributed by atoms with E-state index in [1.807, 2.05) is 42.5 Å². The number of carbonyl (C=O) groups is 3. The monoisotopic (exact) mass is 836 g/mol. The van der Waals surface area contributed by atoms with Gasteiger partial charge in [0.2, 0.25) is 0 Å². The van der Waals surface area contributed by atoms with Gasteiger partial charge in [0.05, 0.1) is 21.8 Å². The third-order valence-corrected chi connectivity index (χ3v) is 11.9. The molecular formula is C43H48ClF3N6O6. The second-order valence-electron chi connectivity index (χ2n) is 15.4. The van der Waals surface area contributed by atoms with Crippen LogP contribution in [-0.2, 0) is 26.9 Å². The number of aromatic nitrogens is 1. The maximum Gasteiger partial charge on any atom is 0.418 e. The number of rotatable bonds is 10. The van der Waals surface area contributed by atoms with E-state index in [2.05, 4.69) is 14.8 Å². The van der Waals surface area contributed by atoms with E-state index in [1.54, 1.807) is 12.1 Å². The molecule has 3 fully saturated rings. The maximum atomic E-state index is 14.1. The minimum Gasteiger partial charge on any atom is -0.461 e. The Labute approximate surface area is 345 Å². The summed E-state index contributed by atoms with van der Waals surface area (Å²) in [5.74, 6) is -1.06. The Balaban J connectivity index is 0.991. The third-order valence-electron chi connectivity index (χ3n) is 11.6. The molecule has 1 atom stereocenters. The molecule has 16 heteroatoms. The van der Waals surface area contributed by atoms with Crippen molar-refractivity contribution in [1.82, 2.24) is 19.7 Å². The quantitative estimate of drug-likeness (QED) is 0.132. The van der Waals surface area contributed by atoms with Crippen LogP contribution in [0.3, 0.4) is 0 Å². The van der Waals surface area contributed by atoms with Gasteiger partial charge in [-0.3, -0.25) is 14.5 Å². The van der Waals surface area contributed by atoms with Crippen LogP contribution in [-0.4, -0.2) is 109 Å². The fraction of sp³-hybridized carbons (Fsp3) is 0.442. The Morgan fingerprint density at radius 2 is 1.56 bits per heavy atom. The lowest BCUT2D eigenvalue weighted by molar-refractivity contribution is -0.141. The number of para-hydroxylation sites is 1. The van der Waals surface area contributed by atoms with E-state index in [4.69, 9.17) is 26.8 Å². The van der Waals surface area contributed by atoms with Crippen LogP contribution >= 0.6 is 11.6 Å². The van der Waals surface area contributed by atoms with Crippen molar-refractivity contribution < 1.29 is 37.0 Å². The van der Waals surface area contributed by atoms with Gasteiger partial charge >= 0.3 is 18.2 Å². The molecule has 1 aromatic heterocycles. The van der Waals surface area contributed by atoms with Crippen molar-refractivity contribution in [2.24, 2.45) is 0 Å². The molecule has 0 unspecified atom stereocenters. The van der Waals surface area contributed by atoms with E-state index < -0.39 is 35.5 Å². The molecule has 12 nitrogen and oxygen atoms in total. The summed E-state index contributed by atoms with van der Waals surface area (Å²) in [6.07, 6.45) is -2.91. The topological polar surface area (TPSA) is 142 Å². The molecule has 3 saturated heterocycles. The number of fused-ring (bicyclic) bond motifs is 1. The molecule has 3 aromatic carbocycles. The normalized spacial score (nSPS) is 17.5. The van der Waals surface area contributed by atoms with Crippen LogP contribution < -0.4 is 16.2 Å². The zero-order valence-electron chi connectivity index (χ0n) is 32.6. The number of H-pyrrole nitrogens is 1. The Kier molecular flexibility index (Phi) is 13.0. The third kappa shape index (κ3) is 10.1. The molecule has 4 heterocycles. The van der Waals surface area contributed by atoms with Crippen molar-refractivity contribution >= 4 is 51.8 Å². The van der Waals surface area contributed by atoms with Gasteiger partial charge in [0, 0.05) is 69.0 Å². The van der Waals surface area contributed by atoms with Crippen LogP contribution in [0.25, 0.3) is 10.9 Å². The summed E-state index contributed by atoms with van der Waals surface area (Å²) in [5.41, 5.74) is 6.37. The summed E-state index contributed by atoms with van der Waals surface area (Å²) in [7, 11) is 0. The molecule has 0 bridgehead atoms. The lowest BCUT2D eigenvalue weighted by Crippen LogP contribution is -2.53. The number of ether oxygens (including phenoxy) is 2. The van der Waals surface area contributed by atoms with Crippen LogP contribution in [0, 0.1) is 0 Å². The number of amides is 2. The summed E-state index contributed by atoms with van der Waals surface area (Å²) in [6, 6.07) is 18.5. The Morgan fingerprint density at radius 1 is 0.864 bits per heavy atom. The zero-order chi connectivity index (χ0) is 41.7. The number of alkyl halides is 3. The van der Waals surface area contributed by atoms with E-state index in [0.29, 0.717) is 50.2 Å². The second-order valence-corrected chi connectivity index (χ2v) is 15.8. The van der Waals surface area contributed by atoms with E-state index in [1.165, 1.54) is 22.3 Å². The van der Waals surface area contributed by atoms with E-state index in [0.717, 1.165) is 48.6 Å². The van der Waals surface area contributed by atoms with Crippen molar-refractivity contribution in [2.75, 3.05) is 76.1 Å². The standard InChI is InChI=1S/C43H48ClF3N6O6/c44-35-25-28(24-34(38(35)48)43(45,46)47)26-37(59-42(57)53-16-12-29(13-17-53)33-27-31-6-2-3-7-36(31)49-39(33)54)40(55)52-20-18-51(19-21-52)32-10-8-30(9-11-32)41(56)58-23-22-50-14-4-1-5-15-50/h2-3,6-11,24-25,27,29,37H,1,4-5,12-23,26,48H2,(H,49,54)/t37-/m1/s1. The fourth-order valence-corrected chi connectivity index (χ4v) is 8.43. The van der Waals surface area contributed by atoms with Crippen LogP contribution in [0.1, 0.15) is 65.1 Å². The SMILES string of the molecule is Nc1c(Cl)cc(C[C@@H](OC(=O)N2CCC(c3cc4ccccc4[nH]c3=O)CC2)C(=O)N2CCN(c3ccc(C(=O)OCCN4CCCCC4)cc3)CC2)cc1C(F)(F)F. The van der Waals surface area contributed by atoms with Crippen molar-refractivity contribution in [3.8, 4) is 0 Å². The number of carbonyl (C=O) groups excluding carboxylic acids is 3. The predicted octanol–water partition coefficient (Wildman–Crippen LogP) is 6.70. The second kappa shape index (κ2) is 18.3. The first-order valence-electron chi connectivity index (χ1n) is 20.1. The number of benzene rings is 3.